The minimum Gasteiger partial charge on any atom is -0.322 e. The Morgan fingerprint density at radius 1 is 1.30 bits per heavy atom. The second-order valence-electron chi connectivity index (χ2n) is 5.69. The number of nitrogens with zero attached hydrogens (tertiary/aromatic N) is 1. The van der Waals surface area contributed by atoms with Crippen LogP contribution in [0, 0.1) is 5.82 Å². The molecule has 2 unspecified atom stereocenters. The fraction of sp³-hybridized carbons (Fsp3) is 0.533. The van der Waals surface area contributed by atoms with Crippen LogP contribution < -0.4 is 10.6 Å². The highest BCUT2D eigenvalue weighted by Crippen LogP contribution is 2.20. The van der Waals surface area contributed by atoms with Gasteiger partial charge < -0.3 is 10.6 Å². The van der Waals surface area contributed by atoms with Crippen molar-refractivity contribution >= 4 is 11.6 Å². The van der Waals surface area contributed by atoms with Gasteiger partial charge in [-0.2, -0.15) is 0 Å². The number of rotatable bonds is 3. The van der Waals surface area contributed by atoms with Gasteiger partial charge in [0, 0.05) is 25.2 Å². The van der Waals surface area contributed by atoms with Crippen LogP contribution in [0.2, 0.25) is 0 Å². The molecule has 2 heterocycles. The zero-order chi connectivity index (χ0) is 13.9. The molecule has 0 radical (unpaired) electrons. The van der Waals surface area contributed by atoms with Gasteiger partial charge in [0.25, 0.3) is 0 Å². The Hall–Kier alpha value is -1.46. The predicted octanol–water partition coefficient (Wildman–Crippen LogP) is 1.59. The summed E-state index contributed by atoms with van der Waals surface area (Å²) in [6.45, 7) is 2.17. The molecule has 20 heavy (non-hydrogen) atoms. The molecule has 0 spiro atoms. The highest BCUT2D eigenvalue weighted by atomic mass is 19.1. The van der Waals surface area contributed by atoms with Crippen LogP contribution in [0.25, 0.3) is 0 Å². The number of hydrogen-bond donors (Lipinski definition) is 2. The SMILES string of the molecule is O=C(CN1CCC2CCC(C1)N2)Nc1ccccc1F. The summed E-state index contributed by atoms with van der Waals surface area (Å²) in [5, 5.41) is 6.23. The van der Waals surface area contributed by atoms with E-state index in [1.54, 1.807) is 18.2 Å². The Morgan fingerprint density at radius 3 is 2.95 bits per heavy atom. The number of fused-ring (bicyclic) bond motifs is 2. The van der Waals surface area contributed by atoms with Crippen molar-refractivity contribution in [3.63, 3.8) is 0 Å². The van der Waals surface area contributed by atoms with Crippen LogP contribution in [0.3, 0.4) is 0 Å². The van der Waals surface area contributed by atoms with Crippen LogP contribution in [0.15, 0.2) is 24.3 Å². The average Bonchev–Trinajstić information content (AvgIpc) is 2.76. The van der Waals surface area contributed by atoms with E-state index in [2.05, 4.69) is 15.5 Å². The van der Waals surface area contributed by atoms with Gasteiger partial charge in [-0.15, -0.1) is 0 Å². The molecular weight excluding hydrogens is 257 g/mol. The topological polar surface area (TPSA) is 44.4 Å². The molecule has 0 aromatic heterocycles. The number of likely N-dealkylation sites (tertiary alicyclic amines) is 1. The van der Waals surface area contributed by atoms with E-state index in [9.17, 15) is 9.18 Å². The molecule has 2 aliphatic heterocycles. The second-order valence-corrected chi connectivity index (χ2v) is 5.69. The van der Waals surface area contributed by atoms with E-state index >= 15 is 0 Å². The first-order valence-electron chi connectivity index (χ1n) is 7.23. The normalized spacial score (nSPS) is 26.2. The lowest BCUT2D eigenvalue weighted by Crippen LogP contribution is -2.39. The summed E-state index contributed by atoms with van der Waals surface area (Å²) in [4.78, 5) is 14.2. The molecule has 0 aliphatic carbocycles. The quantitative estimate of drug-likeness (QED) is 0.882. The Kier molecular flexibility index (Phi) is 3.98. The Morgan fingerprint density at radius 2 is 2.10 bits per heavy atom. The van der Waals surface area contributed by atoms with Gasteiger partial charge in [0.2, 0.25) is 5.91 Å². The summed E-state index contributed by atoms with van der Waals surface area (Å²) in [5.74, 6) is -0.537. The largest absolute Gasteiger partial charge is 0.322 e. The van der Waals surface area contributed by atoms with Gasteiger partial charge in [0.05, 0.1) is 12.2 Å². The molecule has 3 rings (SSSR count). The van der Waals surface area contributed by atoms with Gasteiger partial charge in [-0.05, 0) is 31.4 Å². The van der Waals surface area contributed by atoms with Crippen molar-refractivity contribution in [2.75, 3.05) is 25.0 Å². The lowest BCUT2D eigenvalue weighted by molar-refractivity contribution is -0.117. The monoisotopic (exact) mass is 277 g/mol. The number of anilines is 1. The predicted molar refractivity (Wildman–Crippen MR) is 76.0 cm³/mol. The minimum absolute atomic E-state index is 0.145. The molecule has 0 saturated carbocycles. The zero-order valence-corrected chi connectivity index (χ0v) is 11.4. The van der Waals surface area contributed by atoms with E-state index in [0.29, 0.717) is 18.6 Å². The van der Waals surface area contributed by atoms with Gasteiger partial charge in [0.1, 0.15) is 5.82 Å². The van der Waals surface area contributed by atoms with Crippen molar-refractivity contribution < 1.29 is 9.18 Å². The second kappa shape index (κ2) is 5.89. The van der Waals surface area contributed by atoms with Gasteiger partial charge in [-0.1, -0.05) is 12.1 Å². The van der Waals surface area contributed by atoms with E-state index in [0.717, 1.165) is 19.5 Å². The van der Waals surface area contributed by atoms with Crippen LogP contribution in [0.4, 0.5) is 10.1 Å². The van der Waals surface area contributed by atoms with Crippen LogP contribution in [-0.4, -0.2) is 42.5 Å². The maximum atomic E-state index is 13.5. The smallest absolute Gasteiger partial charge is 0.238 e. The Labute approximate surface area is 118 Å². The van der Waals surface area contributed by atoms with E-state index in [4.69, 9.17) is 0 Å². The Bertz CT molecular complexity index is 494. The summed E-state index contributed by atoms with van der Waals surface area (Å²) < 4.78 is 13.5. The summed E-state index contributed by atoms with van der Waals surface area (Å²) in [5.41, 5.74) is 0.256. The molecule has 2 N–H and O–H groups in total. The van der Waals surface area contributed by atoms with Gasteiger partial charge >= 0.3 is 0 Å². The molecule has 1 aromatic rings. The van der Waals surface area contributed by atoms with Crippen LogP contribution in [-0.2, 0) is 4.79 Å². The number of benzene rings is 1. The number of amides is 1. The lowest BCUT2D eigenvalue weighted by atomic mass is 10.1. The molecule has 2 atom stereocenters. The first-order valence-corrected chi connectivity index (χ1v) is 7.23. The third-order valence-electron chi connectivity index (χ3n) is 4.12. The molecule has 2 saturated heterocycles. The Balaban J connectivity index is 1.55. The fourth-order valence-electron chi connectivity index (χ4n) is 3.11. The van der Waals surface area contributed by atoms with Gasteiger partial charge in [-0.25, -0.2) is 4.39 Å². The van der Waals surface area contributed by atoms with Crippen LogP contribution >= 0.6 is 0 Å². The van der Waals surface area contributed by atoms with E-state index in [1.165, 1.54) is 18.9 Å². The van der Waals surface area contributed by atoms with Crippen molar-refractivity contribution in [2.45, 2.75) is 31.3 Å². The third kappa shape index (κ3) is 3.16. The zero-order valence-electron chi connectivity index (χ0n) is 11.4. The summed E-state index contributed by atoms with van der Waals surface area (Å²) in [7, 11) is 0. The molecule has 2 bridgehead atoms. The van der Waals surface area contributed by atoms with Crippen molar-refractivity contribution in [3.05, 3.63) is 30.1 Å². The molecule has 2 aliphatic rings. The molecule has 1 aromatic carbocycles. The van der Waals surface area contributed by atoms with Gasteiger partial charge in [0.15, 0.2) is 0 Å². The van der Waals surface area contributed by atoms with E-state index in [-0.39, 0.29) is 11.6 Å². The number of carbonyl (C=O) groups excluding carboxylic acids is 1. The molecule has 108 valence electrons. The van der Waals surface area contributed by atoms with Crippen molar-refractivity contribution in [2.24, 2.45) is 0 Å². The van der Waals surface area contributed by atoms with Crippen molar-refractivity contribution in [1.82, 2.24) is 10.2 Å². The highest BCUT2D eigenvalue weighted by molar-refractivity contribution is 5.92. The number of nitrogens with one attached hydrogen (secondary N) is 2. The summed E-state index contributed by atoms with van der Waals surface area (Å²) in [6, 6.07) is 7.38. The maximum Gasteiger partial charge on any atom is 0.238 e. The number of halogens is 1. The number of hydrogen-bond acceptors (Lipinski definition) is 3. The van der Waals surface area contributed by atoms with Crippen molar-refractivity contribution in [1.29, 1.82) is 0 Å². The average molecular weight is 277 g/mol. The standard InChI is InChI=1S/C15H20FN3O/c16-13-3-1-2-4-14(13)18-15(20)10-19-8-7-11-5-6-12(9-19)17-11/h1-4,11-12,17H,5-10H2,(H,18,20). The van der Waals surface area contributed by atoms with E-state index in [1.807, 2.05) is 0 Å². The molecular formula is C15H20FN3O. The van der Waals surface area contributed by atoms with Gasteiger partial charge in [-0.3, -0.25) is 9.69 Å². The minimum atomic E-state index is -0.391. The first-order chi connectivity index (χ1) is 9.70. The molecule has 4 nitrogen and oxygen atoms in total. The number of carbonyl (C=O) groups is 1. The number of para-hydroxylation sites is 1. The fourth-order valence-corrected chi connectivity index (χ4v) is 3.11. The first kappa shape index (κ1) is 13.5. The summed E-state index contributed by atoms with van der Waals surface area (Å²) in [6.07, 6.45) is 3.53. The lowest BCUT2D eigenvalue weighted by Gasteiger charge is -2.23. The third-order valence-corrected chi connectivity index (χ3v) is 4.12. The van der Waals surface area contributed by atoms with Crippen LogP contribution in [0.5, 0.6) is 0 Å². The molecule has 2 fully saturated rings. The maximum absolute atomic E-state index is 13.5. The van der Waals surface area contributed by atoms with E-state index < -0.39 is 5.82 Å². The molecule has 1 amide bonds. The van der Waals surface area contributed by atoms with Crippen molar-refractivity contribution in [3.8, 4) is 0 Å². The highest BCUT2D eigenvalue weighted by Gasteiger charge is 2.29. The van der Waals surface area contributed by atoms with Crippen LogP contribution in [0.1, 0.15) is 19.3 Å². The molecule has 5 heteroatoms. The summed E-state index contributed by atoms with van der Waals surface area (Å²) >= 11 is 0.